The monoisotopic (exact) mass is 296 g/mol. The topological polar surface area (TPSA) is 49.9 Å². The Morgan fingerprint density at radius 1 is 0.952 bits per heavy atom. The van der Waals surface area contributed by atoms with E-state index >= 15 is 0 Å². The minimum Gasteiger partial charge on any atom is -0.384 e. The van der Waals surface area contributed by atoms with Crippen molar-refractivity contribution in [1.82, 2.24) is 0 Å². The summed E-state index contributed by atoms with van der Waals surface area (Å²) in [6.07, 6.45) is 0. The fourth-order valence-electron chi connectivity index (χ4n) is 2.11. The summed E-state index contributed by atoms with van der Waals surface area (Å²) in [6.45, 7) is 0. The lowest BCUT2D eigenvalue weighted by Crippen LogP contribution is -2.11. The third-order valence-electron chi connectivity index (χ3n) is 3.19. The van der Waals surface area contributed by atoms with Gasteiger partial charge < -0.3 is 5.73 Å². The number of hydrogen-bond acceptors (Lipinski definition) is 2. The molecule has 0 heterocycles. The standard InChI is InChI=1S/C17H13FN2S/c18-15-10-13(17(19)20)6-8-16(15)21-14-7-5-11-3-1-2-4-12(11)9-14/h1-10H,(H3,19,20). The minimum absolute atomic E-state index is 0.129. The summed E-state index contributed by atoms with van der Waals surface area (Å²) in [4.78, 5) is 1.50. The minimum atomic E-state index is -0.360. The van der Waals surface area contributed by atoms with E-state index in [-0.39, 0.29) is 11.7 Å². The molecule has 104 valence electrons. The first kappa shape index (κ1) is 13.6. The van der Waals surface area contributed by atoms with E-state index in [9.17, 15) is 4.39 Å². The van der Waals surface area contributed by atoms with Crippen molar-refractivity contribution in [3.05, 3.63) is 72.0 Å². The van der Waals surface area contributed by atoms with Crippen molar-refractivity contribution in [3.63, 3.8) is 0 Å². The van der Waals surface area contributed by atoms with E-state index in [1.54, 1.807) is 12.1 Å². The van der Waals surface area contributed by atoms with Gasteiger partial charge in [0.2, 0.25) is 0 Å². The van der Waals surface area contributed by atoms with Crippen molar-refractivity contribution in [1.29, 1.82) is 5.41 Å². The largest absolute Gasteiger partial charge is 0.384 e. The van der Waals surface area contributed by atoms with Crippen LogP contribution in [0.2, 0.25) is 0 Å². The molecule has 4 heteroatoms. The molecule has 0 aliphatic heterocycles. The van der Waals surface area contributed by atoms with Crippen molar-refractivity contribution in [2.24, 2.45) is 5.73 Å². The van der Waals surface area contributed by atoms with Gasteiger partial charge in [-0.15, -0.1) is 0 Å². The van der Waals surface area contributed by atoms with Crippen molar-refractivity contribution in [2.75, 3.05) is 0 Å². The number of halogens is 1. The van der Waals surface area contributed by atoms with Gasteiger partial charge in [-0.25, -0.2) is 4.39 Å². The van der Waals surface area contributed by atoms with Crippen LogP contribution in [0.4, 0.5) is 4.39 Å². The van der Waals surface area contributed by atoms with Crippen LogP contribution in [0.15, 0.2) is 70.5 Å². The molecule has 0 unspecified atom stereocenters. The van der Waals surface area contributed by atoms with Crippen LogP contribution in [0.25, 0.3) is 10.8 Å². The number of hydrogen-bond donors (Lipinski definition) is 2. The molecular weight excluding hydrogens is 283 g/mol. The Morgan fingerprint density at radius 3 is 2.43 bits per heavy atom. The molecule has 3 rings (SSSR count). The zero-order valence-electron chi connectivity index (χ0n) is 11.1. The Morgan fingerprint density at radius 2 is 1.71 bits per heavy atom. The normalized spacial score (nSPS) is 10.7. The Balaban J connectivity index is 1.93. The molecule has 0 aliphatic rings. The van der Waals surface area contributed by atoms with Crippen LogP contribution in [-0.4, -0.2) is 5.84 Å². The molecule has 0 saturated carbocycles. The van der Waals surface area contributed by atoms with Gasteiger partial charge in [-0.2, -0.15) is 0 Å². The summed E-state index contributed by atoms with van der Waals surface area (Å²) in [5, 5.41) is 9.61. The predicted molar refractivity (Wildman–Crippen MR) is 85.5 cm³/mol. The number of benzene rings is 3. The van der Waals surface area contributed by atoms with Crippen LogP contribution < -0.4 is 5.73 Å². The van der Waals surface area contributed by atoms with Crippen LogP contribution in [0.3, 0.4) is 0 Å². The summed E-state index contributed by atoms with van der Waals surface area (Å²) in [5.74, 6) is -0.489. The number of nitrogens with one attached hydrogen (secondary N) is 1. The highest BCUT2D eigenvalue weighted by molar-refractivity contribution is 7.99. The summed E-state index contributed by atoms with van der Waals surface area (Å²) >= 11 is 1.36. The zero-order valence-corrected chi connectivity index (χ0v) is 12.0. The van der Waals surface area contributed by atoms with Gasteiger partial charge >= 0.3 is 0 Å². The average molecular weight is 296 g/mol. The van der Waals surface area contributed by atoms with E-state index in [2.05, 4.69) is 0 Å². The molecule has 0 radical (unpaired) electrons. The summed E-state index contributed by atoms with van der Waals surface area (Å²) in [5.41, 5.74) is 5.76. The number of rotatable bonds is 3. The van der Waals surface area contributed by atoms with Crippen molar-refractivity contribution in [2.45, 2.75) is 9.79 Å². The zero-order chi connectivity index (χ0) is 14.8. The second-order valence-corrected chi connectivity index (χ2v) is 5.79. The first-order valence-corrected chi connectivity index (χ1v) is 7.26. The molecule has 0 fully saturated rings. The van der Waals surface area contributed by atoms with Crippen LogP contribution in [0.5, 0.6) is 0 Å². The SMILES string of the molecule is N=C(N)c1ccc(Sc2ccc3ccccc3c2)c(F)c1. The fraction of sp³-hybridized carbons (Fsp3) is 0. The van der Waals surface area contributed by atoms with Crippen molar-refractivity contribution in [3.8, 4) is 0 Å². The smallest absolute Gasteiger partial charge is 0.137 e. The Hall–Kier alpha value is -2.33. The Kier molecular flexibility index (Phi) is 3.62. The van der Waals surface area contributed by atoms with Crippen molar-refractivity contribution < 1.29 is 4.39 Å². The number of fused-ring (bicyclic) bond motifs is 1. The van der Waals surface area contributed by atoms with Gasteiger partial charge in [0, 0.05) is 15.4 Å². The first-order chi connectivity index (χ1) is 10.1. The summed E-state index contributed by atoms with van der Waals surface area (Å²) < 4.78 is 14.0. The molecule has 21 heavy (non-hydrogen) atoms. The van der Waals surface area contributed by atoms with E-state index in [4.69, 9.17) is 11.1 Å². The highest BCUT2D eigenvalue weighted by Crippen LogP contribution is 2.32. The molecule has 0 spiro atoms. The van der Waals surface area contributed by atoms with E-state index < -0.39 is 0 Å². The van der Waals surface area contributed by atoms with E-state index in [1.807, 2.05) is 42.5 Å². The second kappa shape index (κ2) is 5.58. The Labute approximate surface area is 126 Å². The first-order valence-electron chi connectivity index (χ1n) is 6.44. The predicted octanol–water partition coefficient (Wildman–Crippen LogP) is 4.41. The van der Waals surface area contributed by atoms with Gasteiger partial charge in [-0.1, -0.05) is 42.1 Å². The molecule has 0 amide bonds. The van der Waals surface area contributed by atoms with Gasteiger partial charge in [-0.3, -0.25) is 5.41 Å². The third-order valence-corrected chi connectivity index (χ3v) is 4.23. The Bertz CT molecular complexity index is 830. The molecule has 0 aromatic heterocycles. The van der Waals surface area contributed by atoms with Gasteiger partial charge in [0.05, 0.1) is 0 Å². The van der Waals surface area contributed by atoms with E-state index in [1.165, 1.54) is 17.8 Å². The van der Waals surface area contributed by atoms with Gasteiger partial charge in [0.15, 0.2) is 0 Å². The van der Waals surface area contributed by atoms with Crippen LogP contribution >= 0.6 is 11.8 Å². The third kappa shape index (κ3) is 2.90. The van der Waals surface area contributed by atoms with Crippen LogP contribution in [0.1, 0.15) is 5.56 Å². The van der Waals surface area contributed by atoms with Gasteiger partial charge in [0.25, 0.3) is 0 Å². The lowest BCUT2D eigenvalue weighted by molar-refractivity contribution is 0.601. The molecule has 2 nitrogen and oxygen atoms in total. The maximum atomic E-state index is 14.0. The van der Waals surface area contributed by atoms with Crippen molar-refractivity contribution >= 4 is 28.4 Å². The lowest BCUT2D eigenvalue weighted by atomic mass is 10.1. The summed E-state index contributed by atoms with van der Waals surface area (Å²) in [6, 6.07) is 18.7. The van der Waals surface area contributed by atoms with Gasteiger partial charge in [-0.05, 0) is 41.1 Å². The van der Waals surface area contributed by atoms with E-state index in [0.29, 0.717) is 10.5 Å². The summed E-state index contributed by atoms with van der Waals surface area (Å²) in [7, 11) is 0. The molecule has 0 saturated heterocycles. The molecule has 0 aliphatic carbocycles. The quantitative estimate of drug-likeness (QED) is 0.555. The molecule has 3 aromatic carbocycles. The van der Waals surface area contributed by atoms with Gasteiger partial charge in [0.1, 0.15) is 11.7 Å². The highest BCUT2D eigenvalue weighted by Gasteiger charge is 2.07. The van der Waals surface area contributed by atoms with Crippen LogP contribution in [0, 0.1) is 11.2 Å². The molecule has 0 bridgehead atoms. The maximum Gasteiger partial charge on any atom is 0.137 e. The maximum absolute atomic E-state index is 14.0. The second-order valence-electron chi connectivity index (χ2n) is 4.67. The number of amidine groups is 1. The molecule has 3 N–H and O–H groups in total. The molecule has 0 atom stereocenters. The average Bonchev–Trinajstić information content (AvgIpc) is 2.49. The van der Waals surface area contributed by atoms with Crippen LogP contribution in [-0.2, 0) is 0 Å². The highest BCUT2D eigenvalue weighted by atomic mass is 32.2. The van der Waals surface area contributed by atoms with E-state index in [0.717, 1.165) is 15.7 Å². The molecule has 3 aromatic rings. The number of nitrogens with two attached hydrogens (primary N) is 1. The number of nitrogen functional groups attached to an aromatic ring is 1. The fourth-order valence-corrected chi connectivity index (χ4v) is 2.98. The molecular formula is C17H13FN2S. The lowest BCUT2D eigenvalue weighted by Gasteiger charge is -2.06.